The Hall–Kier alpha value is -2.98. The highest BCUT2D eigenvalue weighted by Gasteiger charge is 2.25. The van der Waals surface area contributed by atoms with Crippen LogP contribution in [0.5, 0.6) is 0 Å². The van der Waals surface area contributed by atoms with E-state index >= 15 is 0 Å². The van der Waals surface area contributed by atoms with Gasteiger partial charge in [-0.3, -0.25) is 14.7 Å². The maximum absolute atomic E-state index is 12.8. The molecule has 148 valence electrons. The molecule has 1 aromatic heterocycles. The molecule has 3 aromatic rings. The smallest absolute Gasteiger partial charge is 0.251 e. The molecule has 1 atom stereocenters. The molecule has 0 aliphatic carbocycles. The minimum absolute atomic E-state index is 0.0283. The van der Waals surface area contributed by atoms with Crippen LogP contribution in [0, 0.1) is 13.8 Å². The number of aromatic nitrogens is 1. The van der Waals surface area contributed by atoms with Gasteiger partial charge in [-0.15, -0.1) is 0 Å². The maximum Gasteiger partial charge on any atom is 0.251 e. The summed E-state index contributed by atoms with van der Waals surface area (Å²) in [4.78, 5) is 19.5. The van der Waals surface area contributed by atoms with Crippen molar-refractivity contribution in [1.82, 2.24) is 15.2 Å². The standard InChI is InChI=1S/C25H27N3O/c1-18-9-10-21(14-19(18)2)25(29)27-16-24(22-8-5-12-26-15-22)28-13-11-20-6-3-4-7-23(20)17-28/h3-10,12,14-15,24H,11,13,16-17H2,1-2H3,(H,27,29). The van der Waals surface area contributed by atoms with Gasteiger partial charge in [0, 0.05) is 37.6 Å². The van der Waals surface area contributed by atoms with E-state index < -0.39 is 0 Å². The van der Waals surface area contributed by atoms with Gasteiger partial charge in [0.2, 0.25) is 0 Å². The number of nitrogens with one attached hydrogen (secondary N) is 1. The van der Waals surface area contributed by atoms with Crippen LogP contribution in [0.3, 0.4) is 0 Å². The summed E-state index contributed by atoms with van der Waals surface area (Å²) in [6, 6.07) is 18.6. The van der Waals surface area contributed by atoms with Crippen LogP contribution in [0.2, 0.25) is 0 Å². The summed E-state index contributed by atoms with van der Waals surface area (Å²) in [6.45, 7) is 6.50. The summed E-state index contributed by atoms with van der Waals surface area (Å²) < 4.78 is 0. The van der Waals surface area contributed by atoms with Gasteiger partial charge in [0.05, 0.1) is 6.04 Å². The molecule has 4 rings (SSSR count). The Labute approximate surface area is 172 Å². The van der Waals surface area contributed by atoms with Crippen molar-refractivity contribution in [3.8, 4) is 0 Å². The Balaban J connectivity index is 1.52. The first-order valence-corrected chi connectivity index (χ1v) is 10.2. The largest absolute Gasteiger partial charge is 0.350 e. The molecule has 1 amide bonds. The van der Waals surface area contributed by atoms with E-state index in [1.807, 2.05) is 37.4 Å². The molecular formula is C25H27N3O. The third-order valence-electron chi connectivity index (χ3n) is 5.90. The minimum atomic E-state index is -0.0283. The summed E-state index contributed by atoms with van der Waals surface area (Å²) in [7, 11) is 0. The second kappa shape index (κ2) is 8.58. The molecule has 1 unspecified atom stereocenters. The van der Waals surface area contributed by atoms with Crippen molar-refractivity contribution < 1.29 is 4.79 Å². The Morgan fingerprint density at radius 2 is 1.90 bits per heavy atom. The first-order chi connectivity index (χ1) is 14.1. The highest BCUT2D eigenvalue weighted by atomic mass is 16.1. The van der Waals surface area contributed by atoms with E-state index in [4.69, 9.17) is 0 Å². The van der Waals surface area contributed by atoms with E-state index in [9.17, 15) is 4.79 Å². The van der Waals surface area contributed by atoms with E-state index in [1.165, 1.54) is 16.7 Å². The summed E-state index contributed by atoms with van der Waals surface area (Å²) >= 11 is 0. The Bertz CT molecular complexity index is 1000. The average Bonchev–Trinajstić information content (AvgIpc) is 2.76. The SMILES string of the molecule is Cc1ccc(C(=O)NCC(c2cccnc2)N2CCc3ccccc3C2)cc1C. The molecule has 0 saturated carbocycles. The number of aryl methyl sites for hydroxylation is 2. The summed E-state index contributed by atoms with van der Waals surface area (Å²) in [5, 5.41) is 3.16. The van der Waals surface area contributed by atoms with Gasteiger partial charge in [-0.25, -0.2) is 0 Å². The molecule has 0 radical (unpaired) electrons. The lowest BCUT2D eigenvalue weighted by Gasteiger charge is -2.36. The van der Waals surface area contributed by atoms with Gasteiger partial charge in [0.15, 0.2) is 0 Å². The molecule has 0 spiro atoms. The van der Waals surface area contributed by atoms with E-state index in [0.29, 0.717) is 12.1 Å². The quantitative estimate of drug-likeness (QED) is 0.715. The topological polar surface area (TPSA) is 45.2 Å². The number of hydrogen-bond acceptors (Lipinski definition) is 3. The molecule has 4 heteroatoms. The zero-order chi connectivity index (χ0) is 20.2. The monoisotopic (exact) mass is 385 g/mol. The van der Waals surface area contributed by atoms with Gasteiger partial charge in [-0.2, -0.15) is 0 Å². The average molecular weight is 386 g/mol. The van der Waals surface area contributed by atoms with Crippen LogP contribution in [0.25, 0.3) is 0 Å². The van der Waals surface area contributed by atoms with Gasteiger partial charge in [-0.05, 0) is 66.3 Å². The maximum atomic E-state index is 12.8. The number of hydrogen-bond donors (Lipinski definition) is 1. The third kappa shape index (κ3) is 4.38. The lowest BCUT2D eigenvalue weighted by Crippen LogP contribution is -2.40. The van der Waals surface area contributed by atoms with E-state index in [-0.39, 0.29) is 11.9 Å². The predicted molar refractivity (Wildman–Crippen MR) is 116 cm³/mol. The van der Waals surface area contributed by atoms with E-state index in [0.717, 1.165) is 30.6 Å². The van der Waals surface area contributed by atoms with Crippen LogP contribution in [0.1, 0.15) is 44.2 Å². The molecular weight excluding hydrogens is 358 g/mol. The molecule has 0 fully saturated rings. The fraction of sp³-hybridized carbons (Fsp3) is 0.280. The zero-order valence-corrected chi connectivity index (χ0v) is 17.1. The molecule has 2 heterocycles. The number of carbonyl (C=O) groups excluding carboxylic acids is 1. The number of benzene rings is 2. The second-order valence-electron chi connectivity index (χ2n) is 7.80. The van der Waals surface area contributed by atoms with E-state index in [2.05, 4.69) is 52.5 Å². The van der Waals surface area contributed by atoms with Crippen LogP contribution in [-0.2, 0) is 13.0 Å². The van der Waals surface area contributed by atoms with Gasteiger partial charge in [-0.1, -0.05) is 36.4 Å². The highest BCUT2D eigenvalue weighted by Crippen LogP contribution is 2.27. The Morgan fingerprint density at radius 3 is 2.66 bits per heavy atom. The lowest BCUT2D eigenvalue weighted by molar-refractivity contribution is 0.0927. The Kier molecular flexibility index (Phi) is 5.72. The van der Waals surface area contributed by atoms with Crippen LogP contribution in [0.15, 0.2) is 67.0 Å². The molecule has 1 N–H and O–H groups in total. The Morgan fingerprint density at radius 1 is 1.07 bits per heavy atom. The molecule has 1 aliphatic rings. The molecule has 2 aromatic carbocycles. The van der Waals surface area contributed by atoms with Gasteiger partial charge in [0.1, 0.15) is 0 Å². The number of fused-ring (bicyclic) bond motifs is 1. The number of rotatable bonds is 5. The van der Waals surface area contributed by atoms with Crippen molar-refractivity contribution in [2.75, 3.05) is 13.1 Å². The van der Waals surface area contributed by atoms with Crippen LogP contribution < -0.4 is 5.32 Å². The fourth-order valence-electron chi connectivity index (χ4n) is 3.99. The lowest BCUT2D eigenvalue weighted by atomic mass is 9.96. The number of amides is 1. The van der Waals surface area contributed by atoms with E-state index in [1.54, 1.807) is 6.20 Å². The van der Waals surface area contributed by atoms with Crippen LogP contribution in [0.4, 0.5) is 0 Å². The first-order valence-electron chi connectivity index (χ1n) is 10.2. The molecule has 29 heavy (non-hydrogen) atoms. The number of carbonyl (C=O) groups is 1. The van der Waals surface area contributed by atoms with Gasteiger partial charge < -0.3 is 5.32 Å². The third-order valence-corrected chi connectivity index (χ3v) is 5.90. The van der Waals surface area contributed by atoms with Crippen molar-refractivity contribution in [2.24, 2.45) is 0 Å². The number of pyridine rings is 1. The first kappa shape index (κ1) is 19.3. The molecule has 0 saturated heterocycles. The minimum Gasteiger partial charge on any atom is -0.350 e. The highest BCUT2D eigenvalue weighted by molar-refractivity contribution is 5.94. The second-order valence-corrected chi connectivity index (χ2v) is 7.80. The normalized spacial score (nSPS) is 14.8. The van der Waals surface area contributed by atoms with Crippen molar-refractivity contribution in [2.45, 2.75) is 32.9 Å². The zero-order valence-electron chi connectivity index (χ0n) is 17.1. The summed E-state index contributed by atoms with van der Waals surface area (Å²) in [6.07, 6.45) is 4.73. The molecule has 4 nitrogen and oxygen atoms in total. The predicted octanol–water partition coefficient (Wildman–Crippen LogP) is 4.23. The molecule has 0 bridgehead atoms. The van der Waals surface area contributed by atoms with Crippen LogP contribution >= 0.6 is 0 Å². The van der Waals surface area contributed by atoms with Crippen molar-refractivity contribution in [1.29, 1.82) is 0 Å². The van der Waals surface area contributed by atoms with Gasteiger partial charge in [0.25, 0.3) is 5.91 Å². The van der Waals surface area contributed by atoms with Crippen molar-refractivity contribution in [3.05, 3.63) is 100 Å². The number of nitrogens with zero attached hydrogens (tertiary/aromatic N) is 2. The fourth-order valence-corrected chi connectivity index (χ4v) is 3.99. The van der Waals surface area contributed by atoms with Gasteiger partial charge >= 0.3 is 0 Å². The van der Waals surface area contributed by atoms with Crippen LogP contribution in [-0.4, -0.2) is 28.9 Å². The molecule has 1 aliphatic heterocycles. The summed E-state index contributed by atoms with van der Waals surface area (Å²) in [5.74, 6) is -0.0283. The van der Waals surface area contributed by atoms with Crippen molar-refractivity contribution >= 4 is 5.91 Å². The summed E-state index contributed by atoms with van der Waals surface area (Å²) in [5.41, 5.74) is 6.96. The van der Waals surface area contributed by atoms with Crippen molar-refractivity contribution in [3.63, 3.8) is 0 Å².